The van der Waals surface area contributed by atoms with Gasteiger partial charge in [0.15, 0.2) is 0 Å². The second-order valence-corrected chi connectivity index (χ2v) is 11.7. The summed E-state index contributed by atoms with van der Waals surface area (Å²) in [6.45, 7) is 0.422. The van der Waals surface area contributed by atoms with E-state index in [1.807, 2.05) is 17.5 Å². The SMILES string of the molecule is O=C([C@H](NS(=O)(=O)c1ccc2[nH]c(=O)ccc2c1)c1ccc(Cl)cc1)N(Cc1ccco1)Cc1cccs1. The van der Waals surface area contributed by atoms with Gasteiger partial charge < -0.3 is 14.3 Å². The number of rotatable bonds is 9. The van der Waals surface area contributed by atoms with Gasteiger partial charge in [-0.25, -0.2) is 8.42 Å². The van der Waals surface area contributed by atoms with E-state index in [-0.39, 0.29) is 23.5 Å². The Labute approximate surface area is 227 Å². The number of pyridine rings is 1. The number of sulfonamides is 1. The predicted octanol–water partition coefficient (Wildman–Crippen LogP) is 5.08. The highest BCUT2D eigenvalue weighted by Crippen LogP contribution is 2.26. The number of nitrogens with one attached hydrogen (secondary N) is 2. The van der Waals surface area contributed by atoms with Crippen molar-refractivity contribution >= 4 is 49.8 Å². The Morgan fingerprint density at radius 2 is 1.84 bits per heavy atom. The first-order valence-corrected chi connectivity index (χ1v) is 14.3. The van der Waals surface area contributed by atoms with E-state index < -0.39 is 22.0 Å². The first kappa shape index (κ1) is 25.9. The lowest BCUT2D eigenvalue weighted by Crippen LogP contribution is -2.42. The molecule has 194 valence electrons. The largest absolute Gasteiger partial charge is 0.467 e. The van der Waals surface area contributed by atoms with E-state index >= 15 is 0 Å². The molecule has 38 heavy (non-hydrogen) atoms. The standard InChI is InChI=1S/C27H22ClN3O5S2/c28-20-8-5-18(6-9-20)26(27(33)31(16-21-3-1-13-36-21)17-22-4-2-14-37-22)30-38(34,35)23-10-11-24-19(15-23)7-12-25(32)29-24/h1-15,26,30H,16-17H2,(H,29,32)/t26-/m1/s1. The normalized spacial score (nSPS) is 12.4. The van der Waals surface area contributed by atoms with Crippen molar-refractivity contribution in [3.05, 3.63) is 122 Å². The fourth-order valence-electron chi connectivity index (χ4n) is 4.01. The topological polar surface area (TPSA) is 112 Å². The number of hydrogen-bond donors (Lipinski definition) is 2. The second kappa shape index (κ2) is 11.0. The van der Waals surface area contributed by atoms with E-state index in [1.54, 1.807) is 47.4 Å². The summed E-state index contributed by atoms with van der Waals surface area (Å²) < 4.78 is 35.2. The van der Waals surface area contributed by atoms with Crippen LogP contribution in [0.3, 0.4) is 0 Å². The number of fused-ring (bicyclic) bond motifs is 1. The molecule has 0 aliphatic rings. The molecule has 0 unspecified atom stereocenters. The first-order valence-electron chi connectivity index (χ1n) is 11.5. The van der Waals surface area contributed by atoms with Crippen LogP contribution < -0.4 is 10.3 Å². The van der Waals surface area contributed by atoms with E-state index in [1.165, 1.54) is 41.9 Å². The van der Waals surface area contributed by atoms with Crippen LogP contribution in [-0.4, -0.2) is 24.2 Å². The van der Waals surface area contributed by atoms with Crippen molar-refractivity contribution in [1.29, 1.82) is 0 Å². The van der Waals surface area contributed by atoms with Gasteiger partial charge in [-0.15, -0.1) is 11.3 Å². The number of hydrogen-bond acceptors (Lipinski definition) is 6. The number of thiophene rings is 1. The number of carbonyl (C=O) groups is 1. The molecular formula is C27H22ClN3O5S2. The van der Waals surface area contributed by atoms with E-state index in [4.69, 9.17) is 16.0 Å². The Balaban J connectivity index is 1.52. The van der Waals surface area contributed by atoms with Crippen LogP contribution in [0.2, 0.25) is 5.02 Å². The van der Waals surface area contributed by atoms with E-state index in [2.05, 4.69) is 9.71 Å². The number of furan rings is 1. The van der Waals surface area contributed by atoms with Gasteiger partial charge in [0.1, 0.15) is 11.8 Å². The average Bonchev–Trinajstić information content (AvgIpc) is 3.61. The third kappa shape index (κ3) is 5.89. The van der Waals surface area contributed by atoms with Crippen LogP contribution in [-0.2, 0) is 27.9 Å². The maximum Gasteiger partial charge on any atom is 0.248 e. The Morgan fingerprint density at radius 3 is 2.55 bits per heavy atom. The quantitative estimate of drug-likeness (QED) is 0.258. The molecule has 0 fully saturated rings. The molecule has 5 aromatic rings. The average molecular weight is 568 g/mol. The molecule has 11 heteroatoms. The summed E-state index contributed by atoms with van der Waals surface area (Å²) in [5.74, 6) is 0.113. The summed E-state index contributed by atoms with van der Waals surface area (Å²) in [5, 5.41) is 2.91. The van der Waals surface area contributed by atoms with Crippen molar-refractivity contribution in [1.82, 2.24) is 14.6 Å². The number of halogens is 1. The van der Waals surface area contributed by atoms with E-state index in [0.29, 0.717) is 27.2 Å². The summed E-state index contributed by atoms with van der Waals surface area (Å²) in [7, 11) is -4.17. The van der Waals surface area contributed by atoms with Gasteiger partial charge in [0.2, 0.25) is 21.5 Å². The van der Waals surface area contributed by atoms with E-state index in [9.17, 15) is 18.0 Å². The fraction of sp³-hybridized carbons (Fsp3) is 0.111. The molecule has 0 saturated heterocycles. The minimum absolute atomic E-state index is 0.0420. The molecule has 8 nitrogen and oxygen atoms in total. The van der Waals surface area contributed by atoms with Crippen molar-refractivity contribution in [3.8, 4) is 0 Å². The number of aromatic amines is 1. The number of H-pyrrole nitrogens is 1. The Bertz CT molecular complexity index is 1680. The lowest BCUT2D eigenvalue weighted by Gasteiger charge is -2.27. The summed E-state index contributed by atoms with van der Waals surface area (Å²) >= 11 is 7.57. The zero-order valence-corrected chi connectivity index (χ0v) is 22.2. The molecule has 5 rings (SSSR count). The van der Waals surface area contributed by atoms with Crippen LogP contribution in [0.15, 0.2) is 105 Å². The maximum atomic E-state index is 14.0. The number of carbonyl (C=O) groups excluding carboxylic acids is 1. The molecule has 1 atom stereocenters. The van der Waals surface area contributed by atoms with Gasteiger partial charge in [0.05, 0.1) is 24.2 Å². The van der Waals surface area contributed by atoms with Gasteiger partial charge in [-0.05, 0) is 70.9 Å². The highest BCUT2D eigenvalue weighted by atomic mass is 35.5. The molecular weight excluding hydrogens is 546 g/mol. The zero-order chi connectivity index (χ0) is 26.7. The third-order valence-electron chi connectivity index (χ3n) is 5.89. The maximum absolute atomic E-state index is 14.0. The minimum Gasteiger partial charge on any atom is -0.467 e. The predicted molar refractivity (Wildman–Crippen MR) is 146 cm³/mol. The van der Waals surface area contributed by atoms with Crippen LogP contribution in [0.5, 0.6) is 0 Å². The van der Waals surface area contributed by atoms with Gasteiger partial charge in [0, 0.05) is 21.5 Å². The molecule has 0 spiro atoms. The van der Waals surface area contributed by atoms with Gasteiger partial charge in [-0.1, -0.05) is 29.8 Å². The monoisotopic (exact) mass is 567 g/mol. The summed E-state index contributed by atoms with van der Waals surface area (Å²) in [6.07, 6.45) is 1.52. The Morgan fingerprint density at radius 1 is 1.03 bits per heavy atom. The molecule has 0 aliphatic carbocycles. The van der Waals surface area contributed by atoms with Gasteiger partial charge in [-0.3, -0.25) is 9.59 Å². The molecule has 1 amide bonds. The molecule has 0 bridgehead atoms. The smallest absolute Gasteiger partial charge is 0.248 e. The molecule has 2 N–H and O–H groups in total. The summed E-state index contributed by atoms with van der Waals surface area (Å²) in [5.41, 5.74) is 0.646. The molecule has 2 aromatic carbocycles. The number of nitrogens with zero attached hydrogens (tertiary/aromatic N) is 1. The molecule has 0 radical (unpaired) electrons. The molecule has 0 saturated carbocycles. The highest BCUT2D eigenvalue weighted by Gasteiger charge is 2.31. The van der Waals surface area contributed by atoms with Crippen molar-refractivity contribution in [2.75, 3.05) is 0 Å². The lowest BCUT2D eigenvalue weighted by molar-refractivity contribution is -0.134. The Hall–Kier alpha value is -3.70. The number of amides is 1. The molecule has 3 heterocycles. The van der Waals surface area contributed by atoms with Crippen molar-refractivity contribution < 1.29 is 17.6 Å². The molecule has 0 aliphatic heterocycles. The van der Waals surface area contributed by atoms with E-state index in [0.717, 1.165) is 4.88 Å². The van der Waals surface area contributed by atoms with Crippen LogP contribution in [0.25, 0.3) is 10.9 Å². The van der Waals surface area contributed by atoms with Crippen molar-refractivity contribution in [2.45, 2.75) is 24.0 Å². The van der Waals surface area contributed by atoms with Gasteiger partial charge in [0.25, 0.3) is 0 Å². The number of aromatic nitrogens is 1. The van der Waals surface area contributed by atoms with Crippen molar-refractivity contribution in [3.63, 3.8) is 0 Å². The lowest BCUT2D eigenvalue weighted by atomic mass is 10.1. The second-order valence-electron chi connectivity index (χ2n) is 8.53. The molecule has 3 aromatic heterocycles. The van der Waals surface area contributed by atoms with Crippen LogP contribution in [0, 0.1) is 0 Å². The summed E-state index contributed by atoms with van der Waals surface area (Å²) in [4.78, 5) is 30.8. The van der Waals surface area contributed by atoms with Crippen LogP contribution >= 0.6 is 22.9 Å². The van der Waals surface area contributed by atoms with Crippen molar-refractivity contribution in [2.24, 2.45) is 0 Å². The highest BCUT2D eigenvalue weighted by molar-refractivity contribution is 7.89. The van der Waals surface area contributed by atoms with Crippen LogP contribution in [0.1, 0.15) is 22.2 Å². The Kier molecular flexibility index (Phi) is 7.48. The fourth-order valence-corrected chi connectivity index (χ4v) is 6.07. The third-order valence-corrected chi connectivity index (χ3v) is 8.43. The summed E-state index contributed by atoms with van der Waals surface area (Å²) in [6, 6.07) is 19.7. The minimum atomic E-state index is -4.17. The van der Waals surface area contributed by atoms with Crippen LogP contribution in [0.4, 0.5) is 0 Å². The number of benzene rings is 2. The van der Waals surface area contributed by atoms with Gasteiger partial charge >= 0.3 is 0 Å². The van der Waals surface area contributed by atoms with Gasteiger partial charge in [-0.2, -0.15) is 4.72 Å². The first-order chi connectivity index (χ1) is 18.3. The zero-order valence-electron chi connectivity index (χ0n) is 19.8.